The van der Waals surface area contributed by atoms with Crippen molar-refractivity contribution in [2.24, 2.45) is 126 Å². The highest BCUT2D eigenvalue weighted by atomic mass is 32.2. The Morgan fingerprint density at radius 1 is 0.376 bits per heavy atom. The fourth-order valence-electron chi connectivity index (χ4n) is 19.1. The van der Waals surface area contributed by atoms with Gasteiger partial charge in [0.25, 0.3) is 0 Å². The number of aliphatic imine (C=N–C) groups is 4. The second-order valence-corrected chi connectivity index (χ2v) is 42.4. The van der Waals surface area contributed by atoms with Gasteiger partial charge in [0.2, 0.25) is 0 Å². The minimum Gasteiger partial charge on any atom is -0.384 e. The molecule has 0 spiro atoms. The van der Waals surface area contributed by atoms with E-state index in [1.807, 2.05) is 24.7 Å². The van der Waals surface area contributed by atoms with E-state index in [0.717, 1.165) is 100 Å². The standard InChI is InChI=1S/C12H23N.C12H21N.C12H23N.C12H22S.C11H18N2.C11H22N2.C11H18N2.C11H21NO.C11H20S2/c2*1-9(2)12(10(3)4)11-5-7-13-8-6-11;1-9(2)12(10(3)4)11-6-5-7-13-8-11;1-9(2)12(10(3)4)11-5-7-13-8-6-11;1-8(2)11(9(3)4)10-5-12-7-13-6-10;2*1-8(2)10(9(3)4)11-12-6-5-7-13-11;1-8(2)11(9(3)4)10-7-13-6-5-12-10;1-8(2)10(9(3)4)11-12-6-5-7-13-11/h9-10,13H,5-8H2,1-4H3;7,9-10H,5-6,8H2,1-4H3;9-10,13H,5-8H2,1-4H3;9-10H,5-8H2,1-4H3;5,7-9H,6H2,1-4H3;8-9,12-13H,5-7H2,1-4H3;5-9,12H,1-4H3;8-9,12H,5-7H2,1-4H3;8-9H,5-7H2,1-4H3. The molecule has 9 rings (SSSR count). The summed E-state index contributed by atoms with van der Waals surface area (Å²) in [6.07, 6.45) is 24.0. The van der Waals surface area contributed by atoms with Gasteiger partial charge in [-0.15, -0.1) is 23.5 Å². The molecule has 0 saturated carbocycles. The number of thioether (sulfide) groups is 3. The molecule has 14 heteroatoms. The number of nitrogens with zero attached hydrogens (tertiary/aromatic N) is 4. The van der Waals surface area contributed by atoms with Gasteiger partial charge in [-0.05, 0) is 241 Å². The van der Waals surface area contributed by atoms with Crippen LogP contribution in [-0.2, 0) is 4.74 Å². The molecule has 117 heavy (non-hydrogen) atoms. The molecular formula is C103H188N10OS3. The Bertz CT molecular complexity index is 2710. The van der Waals surface area contributed by atoms with Crippen LogP contribution in [0, 0.1) is 107 Å². The van der Waals surface area contributed by atoms with Gasteiger partial charge < -0.3 is 36.6 Å². The Labute approximate surface area is 738 Å². The number of hydrogen-bond acceptors (Lipinski definition) is 14. The lowest BCUT2D eigenvalue weighted by atomic mass is 9.85. The maximum atomic E-state index is 5.44. The van der Waals surface area contributed by atoms with Crippen LogP contribution in [-0.4, -0.2) is 120 Å². The Morgan fingerprint density at radius 2 is 0.821 bits per heavy atom. The molecule has 0 radical (unpaired) electrons. The van der Waals surface area contributed by atoms with E-state index in [9.17, 15) is 0 Å². The van der Waals surface area contributed by atoms with E-state index in [1.54, 1.807) is 60.7 Å². The summed E-state index contributed by atoms with van der Waals surface area (Å²) in [7, 11) is 0. The van der Waals surface area contributed by atoms with Gasteiger partial charge in [0, 0.05) is 73.9 Å². The molecule has 0 amide bonds. The molecule has 0 aromatic carbocycles. The summed E-state index contributed by atoms with van der Waals surface area (Å²) in [6.45, 7) is 93.5. The first kappa shape index (κ1) is 111. The van der Waals surface area contributed by atoms with Crippen molar-refractivity contribution >= 4 is 60.3 Å². The fourth-order valence-corrected chi connectivity index (χ4v) is 23.3. The summed E-state index contributed by atoms with van der Waals surface area (Å²) in [4.78, 5) is 16.8. The van der Waals surface area contributed by atoms with Gasteiger partial charge in [-0.25, -0.2) is 9.98 Å². The molecule has 6 fully saturated rings. The molecule has 0 bridgehead atoms. The number of ether oxygens (including phenoxy) is 1. The first-order chi connectivity index (χ1) is 55.1. The lowest BCUT2D eigenvalue weighted by Gasteiger charge is -2.27. The molecule has 6 saturated heterocycles. The number of hydrogen-bond donors (Lipinski definition) is 6. The molecule has 9 aliphatic rings. The molecule has 0 aromatic heterocycles. The highest BCUT2D eigenvalue weighted by Crippen LogP contribution is 2.42. The van der Waals surface area contributed by atoms with Crippen LogP contribution in [0.3, 0.4) is 0 Å². The minimum absolute atomic E-state index is 0.547. The van der Waals surface area contributed by atoms with Crippen LogP contribution in [0.15, 0.2) is 132 Å². The summed E-state index contributed by atoms with van der Waals surface area (Å²) in [5, 5.41) is 20.4. The summed E-state index contributed by atoms with van der Waals surface area (Å²) < 4.78 is 7.06. The van der Waals surface area contributed by atoms with E-state index in [0.29, 0.717) is 71.0 Å². The molecule has 0 aliphatic carbocycles. The summed E-state index contributed by atoms with van der Waals surface area (Å²) in [6, 6.07) is 0. The van der Waals surface area contributed by atoms with Crippen molar-refractivity contribution in [3.05, 3.63) is 112 Å². The molecular weight excluding hydrogens is 1490 g/mol. The van der Waals surface area contributed by atoms with E-state index in [4.69, 9.17) is 4.74 Å². The lowest BCUT2D eigenvalue weighted by Crippen LogP contribution is -2.37. The maximum absolute atomic E-state index is 5.44. The van der Waals surface area contributed by atoms with Crippen LogP contribution < -0.4 is 31.9 Å². The van der Waals surface area contributed by atoms with Crippen LogP contribution in [0.25, 0.3) is 0 Å². The van der Waals surface area contributed by atoms with Crippen molar-refractivity contribution in [1.82, 2.24) is 31.9 Å². The zero-order valence-corrected chi connectivity index (χ0v) is 85.4. The van der Waals surface area contributed by atoms with Gasteiger partial charge in [-0.1, -0.05) is 299 Å². The monoisotopic (exact) mass is 1680 g/mol. The normalized spacial score (nSPS) is 17.5. The van der Waals surface area contributed by atoms with Crippen molar-refractivity contribution in [3.63, 3.8) is 0 Å². The largest absolute Gasteiger partial charge is 0.384 e. The van der Waals surface area contributed by atoms with E-state index < -0.39 is 0 Å². The molecule has 11 nitrogen and oxygen atoms in total. The second-order valence-electron chi connectivity index (χ2n) is 38.8. The van der Waals surface area contributed by atoms with E-state index in [2.05, 4.69) is 343 Å². The zero-order chi connectivity index (χ0) is 88.6. The molecule has 0 atom stereocenters. The van der Waals surface area contributed by atoms with Gasteiger partial charge in [-0.2, -0.15) is 11.8 Å². The van der Waals surface area contributed by atoms with Crippen molar-refractivity contribution < 1.29 is 4.74 Å². The third-order valence-electron chi connectivity index (χ3n) is 22.6. The second kappa shape index (κ2) is 62.3. The first-order valence-electron chi connectivity index (χ1n) is 47.2. The highest BCUT2D eigenvalue weighted by molar-refractivity contribution is 8.22. The number of rotatable bonds is 18. The molecule has 6 N–H and O–H groups in total. The van der Waals surface area contributed by atoms with Crippen LogP contribution in [0.2, 0.25) is 0 Å². The molecule has 0 aromatic rings. The Kier molecular flexibility index (Phi) is 59.3. The highest BCUT2D eigenvalue weighted by Gasteiger charge is 2.24. The quantitative estimate of drug-likeness (QED) is 0.0738. The van der Waals surface area contributed by atoms with Gasteiger partial charge in [0.05, 0.1) is 25.6 Å². The first-order valence-corrected chi connectivity index (χ1v) is 50.3. The third-order valence-corrected chi connectivity index (χ3v) is 26.3. The van der Waals surface area contributed by atoms with Crippen molar-refractivity contribution in [2.45, 2.75) is 313 Å². The Morgan fingerprint density at radius 3 is 1.20 bits per heavy atom. The van der Waals surface area contributed by atoms with Crippen LogP contribution in [0.1, 0.15) is 313 Å². The van der Waals surface area contributed by atoms with Crippen molar-refractivity contribution in [1.29, 1.82) is 0 Å². The summed E-state index contributed by atoms with van der Waals surface area (Å²) >= 11 is 6.25. The zero-order valence-electron chi connectivity index (χ0n) is 83.0. The smallest absolute Gasteiger partial charge is 0.129 e. The van der Waals surface area contributed by atoms with Crippen molar-refractivity contribution in [3.8, 4) is 0 Å². The van der Waals surface area contributed by atoms with Gasteiger partial charge in [-0.3, -0.25) is 9.98 Å². The average molecular weight is 1680 g/mol. The van der Waals surface area contributed by atoms with Crippen LogP contribution in [0.5, 0.6) is 0 Å². The minimum atomic E-state index is 0.547. The van der Waals surface area contributed by atoms with Crippen LogP contribution >= 0.6 is 35.3 Å². The number of piperidine rings is 2. The number of morpholine rings is 1. The van der Waals surface area contributed by atoms with E-state index >= 15 is 0 Å². The fraction of sp³-hybridized carbons (Fsp3) is 0.767. The summed E-state index contributed by atoms with van der Waals surface area (Å²) in [5.74, 6) is 19.6. The Balaban J connectivity index is 0.000000658. The van der Waals surface area contributed by atoms with E-state index in [-0.39, 0.29) is 0 Å². The topological polar surface area (TPSA) is 131 Å². The van der Waals surface area contributed by atoms with Gasteiger partial charge in [0.1, 0.15) is 12.2 Å². The Hall–Kier alpha value is -3.79. The average Bonchev–Trinajstić information content (AvgIpc) is 0.936. The maximum Gasteiger partial charge on any atom is 0.129 e. The molecule has 9 heterocycles. The molecule has 674 valence electrons. The van der Waals surface area contributed by atoms with Gasteiger partial charge in [0.15, 0.2) is 0 Å². The molecule has 9 aliphatic heterocycles. The van der Waals surface area contributed by atoms with Gasteiger partial charge >= 0.3 is 0 Å². The lowest BCUT2D eigenvalue weighted by molar-refractivity contribution is 0.129. The predicted octanol–water partition coefficient (Wildman–Crippen LogP) is 27.6. The number of allylic oxidation sites excluding steroid dienone is 11. The molecule has 0 unspecified atom stereocenters. The number of nitrogens with one attached hydrogen (secondary N) is 6. The van der Waals surface area contributed by atoms with Crippen LogP contribution in [0.4, 0.5) is 0 Å². The SMILES string of the molecule is CC(C)C(=C1C=NC=NC1)C(C)C.CC(C)C(=C1CC=NCC1)C(C)C.CC(C)C(=C1CCCNC1)C(C)C.CC(C)C(=C1CCNCC1)C(C)C.CC(C)C(=C1CCSCC1)C(C)C.CC(C)C(=C1COCCN1)C(C)C.CC(C)C(=C1N=CC=CN1)C(C)C.CC(C)C(=C1NCCCN1)C(C)C.CC(C)C(=C1SCCCS1)C(C)C. The van der Waals surface area contributed by atoms with Crippen molar-refractivity contribution in [2.75, 3.05) is 95.1 Å². The summed E-state index contributed by atoms with van der Waals surface area (Å²) in [5.41, 5.74) is 23.8. The third kappa shape index (κ3) is 43.9. The predicted molar refractivity (Wildman–Crippen MR) is 535 cm³/mol. The van der Waals surface area contributed by atoms with E-state index in [1.165, 1.54) is 140 Å².